The molecule has 0 saturated heterocycles. The predicted molar refractivity (Wildman–Crippen MR) is 67.7 cm³/mol. The second kappa shape index (κ2) is 6.32. The van der Waals surface area contributed by atoms with Crippen LogP contribution >= 0.6 is 0 Å². The molecule has 3 atom stereocenters. The molecule has 0 radical (unpaired) electrons. The van der Waals surface area contributed by atoms with Crippen molar-refractivity contribution in [3.05, 3.63) is 12.2 Å². The van der Waals surface area contributed by atoms with Gasteiger partial charge in [0.05, 0.1) is 0 Å². The molecule has 1 nitrogen and oxygen atoms in total. The Hall–Kier alpha value is -0.300. The zero-order valence-electron chi connectivity index (χ0n) is 10.5. The fourth-order valence-corrected chi connectivity index (χ4v) is 2.87. The zero-order chi connectivity index (χ0) is 11.3. The smallest absolute Gasteiger partial charge is 0.00461 e. The zero-order valence-corrected chi connectivity index (χ0v) is 10.5. The van der Waals surface area contributed by atoms with E-state index in [9.17, 15) is 0 Å². The lowest BCUT2D eigenvalue weighted by Gasteiger charge is -2.35. The summed E-state index contributed by atoms with van der Waals surface area (Å²) in [4.78, 5) is 0. The third kappa shape index (κ3) is 3.64. The average molecular weight is 209 g/mol. The van der Waals surface area contributed by atoms with Crippen LogP contribution in [0, 0.1) is 17.8 Å². The summed E-state index contributed by atoms with van der Waals surface area (Å²) in [6, 6.07) is 0. The van der Waals surface area contributed by atoms with Crippen LogP contribution in [0.4, 0.5) is 0 Å². The van der Waals surface area contributed by atoms with Crippen LogP contribution in [0.2, 0.25) is 0 Å². The molecule has 1 aliphatic carbocycles. The van der Waals surface area contributed by atoms with Crippen molar-refractivity contribution in [1.82, 2.24) is 0 Å². The van der Waals surface area contributed by atoms with Crippen LogP contribution in [0.5, 0.6) is 0 Å². The maximum Gasteiger partial charge on any atom is -0.00461 e. The molecule has 0 aromatic carbocycles. The molecular weight excluding hydrogens is 182 g/mol. The van der Waals surface area contributed by atoms with E-state index in [-0.39, 0.29) is 0 Å². The molecule has 1 fully saturated rings. The average Bonchev–Trinajstić information content (AvgIpc) is 2.28. The van der Waals surface area contributed by atoms with Crippen molar-refractivity contribution in [3.63, 3.8) is 0 Å². The van der Waals surface area contributed by atoms with Gasteiger partial charge in [0.25, 0.3) is 0 Å². The molecule has 0 bridgehead atoms. The van der Waals surface area contributed by atoms with Gasteiger partial charge in [0, 0.05) is 0 Å². The van der Waals surface area contributed by atoms with Gasteiger partial charge in [0.2, 0.25) is 0 Å². The van der Waals surface area contributed by atoms with Crippen LogP contribution in [0.1, 0.15) is 52.4 Å². The van der Waals surface area contributed by atoms with E-state index in [1.165, 1.54) is 37.7 Å². The van der Waals surface area contributed by atoms with Gasteiger partial charge in [0.1, 0.15) is 0 Å². The molecule has 0 spiro atoms. The molecule has 0 aromatic rings. The Morgan fingerprint density at radius 2 is 2.00 bits per heavy atom. The largest absolute Gasteiger partial charge is 0.330 e. The summed E-state index contributed by atoms with van der Waals surface area (Å²) >= 11 is 0. The number of rotatable bonds is 5. The summed E-state index contributed by atoms with van der Waals surface area (Å²) in [5.41, 5.74) is 7.28. The standard InChI is InChI=1S/C14H27N/c1-4-11(3)8-14-9-12(5-2)6-7-13(14)10-15/h12-14H,3-10,15H2,1-2H3. The van der Waals surface area contributed by atoms with Crippen LogP contribution in [-0.2, 0) is 0 Å². The molecule has 0 aromatic heterocycles. The van der Waals surface area contributed by atoms with Gasteiger partial charge in [-0.3, -0.25) is 0 Å². The number of allylic oxidation sites excluding steroid dienone is 1. The number of hydrogen-bond donors (Lipinski definition) is 1. The quantitative estimate of drug-likeness (QED) is 0.686. The first-order valence-corrected chi connectivity index (χ1v) is 6.57. The monoisotopic (exact) mass is 209 g/mol. The van der Waals surface area contributed by atoms with Gasteiger partial charge < -0.3 is 5.73 Å². The Kier molecular flexibility index (Phi) is 5.38. The Morgan fingerprint density at radius 3 is 2.53 bits per heavy atom. The first kappa shape index (κ1) is 12.8. The van der Waals surface area contributed by atoms with Gasteiger partial charge in [-0.05, 0) is 50.0 Å². The van der Waals surface area contributed by atoms with Crippen molar-refractivity contribution in [2.75, 3.05) is 6.54 Å². The second-order valence-corrected chi connectivity index (χ2v) is 5.15. The number of hydrogen-bond acceptors (Lipinski definition) is 1. The van der Waals surface area contributed by atoms with Crippen molar-refractivity contribution in [2.24, 2.45) is 23.5 Å². The Balaban J connectivity index is 2.50. The van der Waals surface area contributed by atoms with Crippen molar-refractivity contribution < 1.29 is 0 Å². The summed E-state index contributed by atoms with van der Waals surface area (Å²) in [5.74, 6) is 2.53. The molecule has 1 aliphatic rings. The van der Waals surface area contributed by atoms with Crippen LogP contribution in [-0.4, -0.2) is 6.54 Å². The summed E-state index contributed by atoms with van der Waals surface area (Å²) in [7, 11) is 0. The lowest BCUT2D eigenvalue weighted by Crippen LogP contribution is -2.30. The van der Waals surface area contributed by atoms with Crippen LogP contribution in [0.3, 0.4) is 0 Å². The van der Waals surface area contributed by atoms with Crippen molar-refractivity contribution in [2.45, 2.75) is 52.4 Å². The van der Waals surface area contributed by atoms with E-state index in [2.05, 4.69) is 20.4 Å². The minimum atomic E-state index is 0.760. The summed E-state index contributed by atoms with van der Waals surface area (Å²) in [6.45, 7) is 9.55. The fourth-order valence-electron chi connectivity index (χ4n) is 2.87. The molecule has 1 heteroatoms. The highest BCUT2D eigenvalue weighted by Crippen LogP contribution is 2.38. The van der Waals surface area contributed by atoms with Gasteiger partial charge in [-0.1, -0.05) is 38.8 Å². The van der Waals surface area contributed by atoms with Gasteiger partial charge >= 0.3 is 0 Å². The van der Waals surface area contributed by atoms with Crippen LogP contribution in [0.25, 0.3) is 0 Å². The summed E-state index contributed by atoms with van der Waals surface area (Å²) in [6.07, 6.45) is 7.81. The number of nitrogens with two attached hydrogens (primary N) is 1. The normalized spacial score (nSPS) is 31.5. The van der Waals surface area contributed by atoms with Gasteiger partial charge in [-0.2, -0.15) is 0 Å². The molecule has 1 rings (SSSR count). The first-order chi connectivity index (χ1) is 7.21. The van der Waals surface area contributed by atoms with E-state index in [0.717, 1.165) is 30.7 Å². The molecule has 0 heterocycles. The van der Waals surface area contributed by atoms with Gasteiger partial charge in [0.15, 0.2) is 0 Å². The van der Waals surface area contributed by atoms with E-state index in [4.69, 9.17) is 5.73 Å². The highest BCUT2D eigenvalue weighted by Gasteiger charge is 2.28. The topological polar surface area (TPSA) is 26.0 Å². The Morgan fingerprint density at radius 1 is 1.27 bits per heavy atom. The van der Waals surface area contributed by atoms with Crippen LogP contribution < -0.4 is 5.73 Å². The molecule has 2 N–H and O–H groups in total. The fraction of sp³-hybridized carbons (Fsp3) is 0.857. The van der Waals surface area contributed by atoms with Gasteiger partial charge in [-0.25, -0.2) is 0 Å². The van der Waals surface area contributed by atoms with E-state index in [1.54, 1.807) is 0 Å². The molecule has 3 unspecified atom stereocenters. The SMILES string of the molecule is C=C(CC)CC1CC(CC)CCC1CN. The van der Waals surface area contributed by atoms with Gasteiger partial charge in [-0.15, -0.1) is 0 Å². The predicted octanol–water partition coefficient (Wildman–Crippen LogP) is 3.74. The first-order valence-electron chi connectivity index (χ1n) is 6.57. The molecule has 0 aliphatic heterocycles. The molecule has 15 heavy (non-hydrogen) atoms. The minimum Gasteiger partial charge on any atom is -0.330 e. The highest BCUT2D eigenvalue weighted by molar-refractivity contribution is 4.97. The Bertz CT molecular complexity index is 198. The molecule has 88 valence electrons. The lowest BCUT2D eigenvalue weighted by molar-refractivity contribution is 0.179. The minimum absolute atomic E-state index is 0.760. The Labute approximate surface area is 95.1 Å². The van der Waals surface area contributed by atoms with E-state index in [1.807, 2.05) is 0 Å². The van der Waals surface area contributed by atoms with E-state index < -0.39 is 0 Å². The van der Waals surface area contributed by atoms with E-state index >= 15 is 0 Å². The summed E-state index contributed by atoms with van der Waals surface area (Å²) in [5, 5.41) is 0. The maximum atomic E-state index is 5.87. The third-order valence-electron chi connectivity index (χ3n) is 4.18. The van der Waals surface area contributed by atoms with Crippen LogP contribution in [0.15, 0.2) is 12.2 Å². The molecule has 0 amide bonds. The van der Waals surface area contributed by atoms with Crippen molar-refractivity contribution >= 4 is 0 Å². The van der Waals surface area contributed by atoms with E-state index in [0.29, 0.717) is 0 Å². The highest BCUT2D eigenvalue weighted by atomic mass is 14.6. The molecule has 1 saturated carbocycles. The lowest BCUT2D eigenvalue weighted by atomic mass is 9.71. The third-order valence-corrected chi connectivity index (χ3v) is 4.18. The second-order valence-electron chi connectivity index (χ2n) is 5.15. The maximum absolute atomic E-state index is 5.87. The summed E-state index contributed by atoms with van der Waals surface area (Å²) < 4.78 is 0. The van der Waals surface area contributed by atoms with Crippen molar-refractivity contribution in [3.8, 4) is 0 Å². The molecular formula is C14H27N. The van der Waals surface area contributed by atoms with Crippen molar-refractivity contribution in [1.29, 1.82) is 0 Å².